The molecule has 0 heterocycles. The molecule has 2 rings (SSSR count). The standard InChI is InChI=1S/C18H20BrNO3/c1-2-22-17-7-4-3-6-16(17)20-18(21)8-5-13-23-15-11-9-14(19)10-12-15/h3-4,6-7,9-12H,2,5,8,13H2,1H3,(H,20,21). The van der Waals surface area contributed by atoms with Crippen LogP contribution < -0.4 is 14.8 Å². The Balaban J connectivity index is 1.74. The van der Waals surface area contributed by atoms with Gasteiger partial charge in [-0.1, -0.05) is 28.1 Å². The van der Waals surface area contributed by atoms with E-state index in [4.69, 9.17) is 9.47 Å². The molecular formula is C18H20BrNO3. The molecule has 0 aliphatic carbocycles. The summed E-state index contributed by atoms with van der Waals surface area (Å²) in [5, 5.41) is 2.88. The maximum absolute atomic E-state index is 12.0. The number of para-hydroxylation sites is 2. The summed E-state index contributed by atoms with van der Waals surface area (Å²) < 4.78 is 12.1. The van der Waals surface area contributed by atoms with Crippen molar-refractivity contribution < 1.29 is 14.3 Å². The zero-order valence-corrected chi connectivity index (χ0v) is 14.6. The average Bonchev–Trinajstić information content (AvgIpc) is 2.55. The highest BCUT2D eigenvalue weighted by atomic mass is 79.9. The number of carbonyl (C=O) groups excluding carboxylic acids is 1. The second-order valence-electron chi connectivity index (χ2n) is 4.88. The van der Waals surface area contributed by atoms with Crippen molar-refractivity contribution in [3.63, 3.8) is 0 Å². The van der Waals surface area contributed by atoms with Gasteiger partial charge in [0.05, 0.1) is 18.9 Å². The van der Waals surface area contributed by atoms with Crippen LogP contribution in [-0.4, -0.2) is 19.1 Å². The number of carbonyl (C=O) groups is 1. The summed E-state index contributed by atoms with van der Waals surface area (Å²) in [5.41, 5.74) is 0.702. The minimum Gasteiger partial charge on any atom is -0.494 e. The summed E-state index contributed by atoms with van der Waals surface area (Å²) in [6.07, 6.45) is 1.05. The lowest BCUT2D eigenvalue weighted by Crippen LogP contribution is -2.13. The summed E-state index contributed by atoms with van der Waals surface area (Å²) in [5.74, 6) is 1.45. The number of anilines is 1. The second kappa shape index (κ2) is 9.20. The van der Waals surface area contributed by atoms with Gasteiger partial charge in [-0.3, -0.25) is 4.79 Å². The molecule has 1 N–H and O–H groups in total. The van der Waals surface area contributed by atoms with Gasteiger partial charge in [0.2, 0.25) is 5.91 Å². The molecule has 0 aromatic heterocycles. The van der Waals surface area contributed by atoms with E-state index in [1.807, 2.05) is 55.5 Å². The maximum Gasteiger partial charge on any atom is 0.224 e. The Hall–Kier alpha value is -2.01. The molecule has 122 valence electrons. The number of rotatable bonds is 8. The molecule has 0 aliphatic rings. The van der Waals surface area contributed by atoms with Crippen molar-refractivity contribution in [1.82, 2.24) is 0 Å². The van der Waals surface area contributed by atoms with E-state index in [2.05, 4.69) is 21.2 Å². The van der Waals surface area contributed by atoms with Crippen LogP contribution in [0.4, 0.5) is 5.69 Å². The normalized spacial score (nSPS) is 10.2. The van der Waals surface area contributed by atoms with E-state index >= 15 is 0 Å². The first-order valence-electron chi connectivity index (χ1n) is 7.59. The zero-order chi connectivity index (χ0) is 16.5. The number of ether oxygens (including phenoxy) is 2. The third kappa shape index (κ3) is 5.94. The van der Waals surface area contributed by atoms with Crippen molar-refractivity contribution in [2.24, 2.45) is 0 Å². The summed E-state index contributed by atoms with van der Waals surface area (Å²) in [6.45, 7) is 2.98. The molecule has 0 saturated carbocycles. The number of hydrogen-bond donors (Lipinski definition) is 1. The summed E-state index contributed by atoms with van der Waals surface area (Å²) in [4.78, 5) is 12.0. The third-order valence-electron chi connectivity index (χ3n) is 3.09. The highest BCUT2D eigenvalue weighted by Crippen LogP contribution is 2.23. The topological polar surface area (TPSA) is 47.6 Å². The molecule has 0 fully saturated rings. The highest BCUT2D eigenvalue weighted by molar-refractivity contribution is 9.10. The van der Waals surface area contributed by atoms with Crippen LogP contribution in [0.2, 0.25) is 0 Å². The van der Waals surface area contributed by atoms with Crippen LogP contribution in [-0.2, 0) is 4.79 Å². The van der Waals surface area contributed by atoms with E-state index in [9.17, 15) is 4.79 Å². The largest absolute Gasteiger partial charge is 0.494 e. The Bertz CT molecular complexity index is 628. The van der Waals surface area contributed by atoms with Crippen molar-refractivity contribution in [3.05, 3.63) is 53.0 Å². The van der Waals surface area contributed by atoms with Crippen LogP contribution in [0.5, 0.6) is 11.5 Å². The zero-order valence-electron chi connectivity index (χ0n) is 13.0. The predicted octanol–water partition coefficient (Wildman–Crippen LogP) is 4.65. The van der Waals surface area contributed by atoms with Crippen LogP contribution in [0, 0.1) is 0 Å². The Kier molecular flexibility index (Phi) is 6.94. The van der Waals surface area contributed by atoms with Crippen LogP contribution in [0.25, 0.3) is 0 Å². The third-order valence-corrected chi connectivity index (χ3v) is 3.62. The Morgan fingerprint density at radius 3 is 2.57 bits per heavy atom. The molecule has 2 aromatic carbocycles. The van der Waals surface area contributed by atoms with Gasteiger partial charge in [0, 0.05) is 10.9 Å². The molecule has 1 amide bonds. The van der Waals surface area contributed by atoms with Crippen molar-refractivity contribution in [2.45, 2.75) is 19.8 Å². The highest BCUT2D eigenvalue weighted by Gasteiger charge is 2.07. The molecule has 4 nitrogen and oxygen atoms in total. The molecule has 0 spiro atoms. The first-order chi connectivity index (χ1) is 11.2. The summed E-state index contributed by atoms with van der Waals surface area (Å²) >= 11 is 3.38. The minimum absolute atomic E-state index is 0.0449. The molecule has 23 heavy (non-hydrogen) atoms. The smallest absolute Gasteiger partial charge is 0.224 e. The van der Waals surface area contributed by atoms with Gasteiger partial charge < -0.3 is 14.8 Å². The Morgan fingerprint density at radius 1 is 1.09 bits per heavy atom. The summed E-state index contributed by atoms with van der Waals surface area (Å²) in [6, 6.07) is 15.1. The van der Waals surface area contributed by atoms with E-state index in [-0.39, 0.29) is 5.91 Å². The number of benzene rings is 2. The van der Waals surface area contributed by atoms with Gasteiger partial charge >= 0.3 is 0 Å². The van der Waals surface area contributed by atoms with Crippen molar-refractivity contribution in [3.8, 4) is 11.5 Å². The molecule has 0 radical (unpaired) electrons. The quantitative estimate of drug-likeness (QED) is 0.681. The van der Waals surface area contributed by atoms with Crippen LogP contribution >= 0.6 is 15.9 Å². The first kappa shape index (κ1) is 17.3. The second-order valence-corrected chi connectivity index (χ2v) is 5.80. The van der Waals surface area contributed by atoms with E-state index < -0.39 is 0 Å². The van der Waals surface area contributed by atoms with Crippen LogP contribution in [0.15, 0.2) is 53.0 Å². The molecule has 0 bridgehead atoms. The minimum atomic E-state index is -0.0449. The van der Waals surface area contributed by atoms with Gasteiger partial charge in [-0.05, 0) is 49.7 Å². The van der Waals surface area contributed by atoms with E-state index in [1.165, 1.54) is 0 Å². The van der Waals surface area contributed by atoms with E-state index in [1.54, 1.807) is 0 Å². The monoisotopic (exact) mass is 377 g/mol. The van der Waals surface area contributed by atoms with Crippen molar-refractivity contribution in [2.75, 3.05) is 18.5 Å². The van der Waals surface area contributed by atoms with E-state index in [0.717, 1.165) is 10.2 Å². The number of halogens is 1. The molecular weight excluding hydrogens is 358 g/mol. The van der Waals surface area contributed by atoms with Gasteiger partial charge in [-0.25, -0.2) is 0 Å². The lowest BCUT2D eigenvalue weighted by Gasteiger charge is -2.11. The molecule has 2 aromatic rings. The van der Waals surface area contributed by atoms with Gasteiger partial charge in [-0.2, -0.15) is 0 Å². The fraction of sp³-hybridized carbons (Fsp3) is 0.278. The average molecular weight is 378 g/mol. The first-order valence-corrected chi connectivity index (χ1v) is 8.38. The number of hydrogen-bond acceptors (Lipinski definition) is 3. The van der Waals surface area contributed by atoms with E-state index in [0.29, 0.717) is 37.5 Å². The Morgan fingerprint density at radius 2 is 1.83 bits per heavy atom. The predicted molar refractivity (Wildman–Crippen MR) is 95.1 cm³/mol. The molecule has 0 atom stereocenters. The van der Waals surface area contributed by atoms with Crippen LogP contribution in [0.1, 0.15) is 19.8 Å². The SMILES string of the molecule is CCOc1ccccc1NC(=O)CCCOc1ccc(Br)cc1. The lowest BCUT2D eigenvalue weighted by molar-refractivity contribution is -0.116. The molecule has 0 unspecified atom stereocenters. The van der Waals surface area contributed by atoms with Gasteiger partial charge in [0.15, 0.2) is 0 Å². The Labute approximate surface area is 144 Å². The van der Waals surface area contributed by atoms with Crippen molar-refractivity contribution >= 4 is 27.5 Å². The molecule has 5 heteroatoms. The molecule has 0 aliphatic heterocycles. The fourth-order valence-electron chi connectivity index (χ4n) is 2.02. The summed E-state index contributed by atoms with van der Waals surface area (Å²) in [7, 11) is 0. The van der Waals surface area contributed by atoms with Gasteiger partial charge in [-0.15, -0.1) is 0 Å². The van der Waals surface area contributed by atoms with Gasteiger partial charge in [0.25, 0.3) is 0 Å². The number of amides is 1. The maximum atomic E-state index is 12.0. The number of nitrogens with one attached hydrogen (secondary N) is 1. The molecule has 0 saturated heterocycles. The van der Waals surface area contributed by atoms with Crippen LogP contribution in [0.3, 0.4) is 0 Å². The lowest BCUT2D eigenvalue weighted by atomic mass is 10.2. The van der Waals surface area contributed by atoms with Gasteiger partial charge in [0.1, 0.15) is 11.5 Å². The van der Waals surface area contributed by atoms with Crippen molar-refractivity contribution in [1.29, 1.82) is 0 Å². The fourth-order valence-corrected chi connectivity index (χ4v) is 2.28.